The number of amides is 1. The van der Waals surface area contributed by atoms with Crippen molar-refractivity contribution in [1.82, 2.24) is 14.9 Å². The van der Waals surface area contributed by atoms with Crippen molar-refractivity contribution in [3.63, 3.8) is 0 Å². The second-order valence-electron chi connectivity index (χ2n) is 8.06. The Kier molecular flexibility index (Phi) is 4.71. The average molecular weight is 439 g/mol. The van der Waals surface area contributed by atoms with Gasteiger partial charge >= 0.3 is 6.36 Å². The van der Waals surface area contributed by atoms with Gasteiger partial charge < -0.3 is 15.3 Å². The van der Waals surface area contributed by atoms with Crippen LogP contribution in [0.1, 0.15) is 31.9 Å². The molecule has 2 N–H and O–H groups in total. The molecule has 7 nitrogen and oxygen atoms in total. The van der Waals surface area contributed by atoms with E-state index in [-0.39, 0.29) is 22.9 Å². The van der Waals surface area contributed by atoms with Gasteiger partial charge in [-0.2, -0.15) is 0 Å². The van der Waals surface area contributed by atoms with Gasteiger partial charge in [0.1, 0.15) is 18.5 Å². The molecule has 5 rings (SSSR count). The minimum atomic E-state index is -4.80. The zero-order chi connectivity index (χ0) is 21.2. The molecule has 0 aromatic carbocycles. The highest BCUT2D eigenvalue weighted by atomic mass is 35.5. The van der Waals surface area contributed by atoms with E-state index in [9.17, 15) is 27.5 Å². The third kappa shape index (κ3) is 3.42. The van der Waals surface area contributed by atoms with E-state index in [2.05, 4.69) is 20.0 Å². The van der Waals surface area contributed by atoms with Gasteiger partial charge in [-0.25, -0.2) is 14.4 Å². The van der Waals surface area contributed by atoms with Crippen molar-refractivity contribution < 1.29 is 32.2 Å². The first-order chi connectivity index (χ1) is 13.5. The molecule has 29 heavy (non-hydrogen) atoms. The highest BCUT2D eigenvalue weighted by Crippen LogP contribution is 2.71. The van der Waals surface area contributed by atoms with Crippen LogP contribution in [0, 0.1) is 5.82 Å². The molecule has 3 atom stereocenters. The lowest BCUT2D eigenvalue weighted by molar-refractivity contribution is -0.359. The van der Waals surface area contributed by atoms with Crippen LogP contribution >= 0.6 is 11.6 Å². The van der Waals surface area contributed by atoms with Crippen LogP contribution in [-0.2, 0) is 14.9 Å². The van der Waals surface area contributed by atoms with E-state index in [0.717, 1.165) is 4.90 Å². The maximum atomic E-state index is 14.9. The summed E-state index contributed by atoms with van der Waals surface area (Å²) in [6.07, 6.45) is -2.98. The molecule has 4 aliphatic rings. The molecule has 0 unspecified atom stereocenters. The number of ether oxygens (including phenoxy) is 1. The van der Waals surface area contributed by atoms with Crippen LogP contribution in [0.4, 0.5) is 23.4 Å². The Hall–Kier alpha value is -1.72. The summed E-state index contributed by atoms with van der Waals surface area (Å²) in [6.45, 7) is 0.429. The van der Waals surface area contributed by atoms with Gasteiger partial charge in [-0.05, 0) is 26.2 Å². The van der Waals surface area contributed by atoms with Gasteiger partial charge in [0.25, 0.3) is 0 Å². The molecule has 12 heteroatoms. The molecule has 1 amide bonds. The number of aromatic nitrogens is 2. The van der Waals surface area contributed by atoms with Crippen molar-refractivity contribution in [2.45, 2.75) is 61.0 Å². The number of carbonyl (C=O) groups is 1. The topological polar surface area (TPSA) is 87.6 Å². The predicted octanol–water partition coefficient (Wildman–Crippen LogP) is 1.94. The number of likely N-dealkylation sites (tertiary alicyclic amines) is 1. The van der Waals surface area contributed by atoms with Crippen molar-refractivity contribution >= 4 is 23.3 Å². The van der Waals surface area contributed by atoms with Crippen LogP contribution in [0.2, 0.25) is 0 Å². The molecular weight excluding hydrogens is 420 g/mol. The summed E-state index contributed by atoms with van der Waals surface area (Å²) in [4.78, 5) is 21.3. The van der Waals surface area contributed by atoms with E-state index >= 15 is 0 Å². The van der Waals surface area contributed by atoms with Crippen LogP contribution in [0.25, 0.3) is 0 Å². The minimum Gasteiger partial charge on any atom is -0.394 e. The second kappa shape index (κ2) is 6.64. The lowest BCUT2D eigenvalue weighted by Crippen LogP contribution is -2.67. The number of hydrogen-bond acceptors (Lipinski definition) is 6. The van der Waals surface area contributed by atoms with E-state index in [0.29, 0.717) is 19.3 Å². The molecule has 0 spiro atoms. The molecule has 1 aromatic heterocycles. The number of carbonyl (C=O) groups excluding carboxylic acids is 1. The third-order valence-corrected chi connectivity index (χ3v) is 6.42. The van der Waals surface area contributed by atoms with Gasteiger partial charge in [0.05, 0.1) is 18.3 Å². The molecule has 0 radical (unpaired) electrons. The largest absolute Gasteiger partial charge is 0.522 e. The SMILES string of the molecule is C[C@H]1[C@@H](OC(F)(F)F)CN1C(=O)[C@@H](CO)Nc1ncnc(C23CC(Cl)(C2)C3)c1F. The van der Waals surface area contributed by atoms with Crippen molar-refractivity contribution in [1.29, 1.82) is 0 Å². The molecule has 1 saturated heterocycles. The van der Waals surface area contributed by atoms with Gasteiger partial charge in [-0.1, -0.05) is 0 Å². The maximum absolute atomic E-state index is 14.9. The fraction of sp³-hybridized carbons (Fsp3) is 0.706. The van der Waals surface area contributed by atoms with Crippen molar-refractivity contribution in [3.8, 4) is 0 Å². The summed E-state index contributed by atoms with van der Waals surface area (Å²) in [7, 11) is 0. The molecule has 2 bridgehead atoms. The number of anilines is 1. The Morgan fingerprint density at radius 3 is 2.62 bits per heavy atom. The highest BCUT2D eigenvalue weighted by Gasteiger charge is 2.69. The number of hydrogen-bond donors (Lipinski definition) is 2. The average Bonchev–Trinajstić information content (AvgIpc) is 2.59. The Bertz CT molecular complexity index is 820. The Morgan fingerprint density at radius 1 is 1.45 bits per heavy atom. The van der Waals surface area contributed by atoms with Crippen LogP contribution in [0.5, 0.6) is 0 Å². The summed E-state index contributed by atoms with van der Waals surface area (Å²) in [5.74, 6) is -1.63. The standard InChI is InChI=1S/C17H19ClF4N4O3/c1-8-10(29-17(20,21)22)2-26(8)14(28)9(3-27)25-13-11(19)12(23-7-24-13)15-4-16(18,5-15)6-15/h7-10,27H,2-6H2,1H3,(H,23,24,25)/t8-,9+,10-,15?,16?/m0/s1. The number of aliphatic hydroxyl groups excluding tert-OH is 1. The molecule has 2 heterocycles. The van der Waals surface area contributed by atoms with Crippen molar-refractivity contribution in [2.75, 3.05) is 18.5 Å². The number of alkyl halides is 4. The number of nitrogens with zero attached hydrogens (tertiary/aromatic N) is 3. The first kappa shape index (κ1) is 20.5. The van der Waals surface area contributed by atoms with Crippen molar-refractivity contribution in [2.24, 2.45) is 0 Å². The minimum absolute atomic E-state index is 0.220. The van der Waals surface area contributed by atoms with Gasteiger partial charge in [0.2, 0.25) is 5.91 Å². The summed E-state index contributed by atoms with van der Waals surface area (Å²) < 4.78 is 55.9. The zero-order valence-corrected chi connectivity index (χ0v) is 16.1. The Morgan fingerprint density at radius 2 is 2.10 bits per heavy atom. The summed E-state index contributed by atoms with van der Waals surface area (Å²) >= 11 is 6.23. The first-order valence-electron chi connectivity index (χ1n) is 9.09. The van der Waals surface area contributed by atoms with E-state index in [1.165, 1.54) is 13.3 Å². The van der Waals surface area contributed by atoms with Crippen molar-refractivity contribution in [3.05, 3.63) is 17.8 Å². The predicted molar refractivity (Wildman–Crippen MR) is 92.7 cm³/mol. The van der Waals surface area contributed by atoms with Crippen LogP contribution in [-0.4, -0.2) is 68.5 Å². The van der Waals surface area contributed by atoms with E-state index in [1.807, 2.05) is 0 Å². The van der Waals surface area contributed by atoms with Gasteiger partial charge in [-0.3, -0.25) is 9.53 Å². The van der Waals surface area contributed by atoms with Gasteiger partial charge in [0, 0.05) is 16.8 Å². The molecular formula is C17H19ClF4N4O3. The smallest absolute Gasteiger partial charge is 0.394 e. The molecule has 3 aliphatic carbocycles. The van der Waals surface area contributed by atoms with Crippen LogP contribution in [0.3, 0.4) is 0 Å². The van der Waals surface area contributed by atoms with Gasteiger partial charge in [-0.15, -0.1) is 24.8 Å². The molecule has 1 aliphatic heterocycles. The fourth-order valence-corrected chi connectivity index (χ4v) is 5.25. The summed E-state index contributed by atoms with van der Waals surface area (Å²) in [5.41, 5.74) is -0.199. The lowest BCUT2D eigenvalue weighted by atomic mass is 9.42. The maximum Gasteiger partial charge on any atom is 0.522 e. The van der Waals surface area contributed by atoms with E-state index in [1.54, 1.807) is 0 Å². The lowest BCUT2D eigenvalue weighted by Gasteiger charge is -2.67. The Labute approximate surface area is 168 Å². The van der Waals surface area contributed by atoms with Gasteiger partial charge in [0.15, 0.2) is 11.6 Å². The molecule has 4 fully saturated rings. The fourth-order valence-electron chi connectivity index (χ4n) is 4.48. The monoisotopic (exact) mass is 438 g/mol. The third-order valence-electron chi connectivity index (χ3n) is 6.02. The first-order valence-corrected chi connectivity index (χ1v) is 9.47. The highest BCUT2D eigenvalue weighted by molar-refractivity contribution is 6.26. The second-order valence-corrected chi connectivity index (χ2v) is 8.86. The van der Waals surface area contributed by atoms with Crippen LogP contribution in [0.15, 0.2) is 6.33 Å². The number of rotatable bonds is 6. The number of nitrogens with one attached hydrogen (secondary N) is 1. The molecule has 160 valence electrons. The zero-order valence-electron chi connectivity index (χ0n) is 15.3. The van der Waals surface area contributed by atoms with E-state index in [4.69, 9.17) is 11.6 Å². The normalized spacial score (nSPS) is 34.0. The summed E-state index contributed by atoms with van der Waals surface area (Å²) in [6, 6.07) is -2.11. The summed E-state index contributed by atoms with van der Waals surface area (Å²) in [5, 5.41) is 12.1. The van der Waals surface area contributed by atoms with Crippen LogP contribution < -0.4 is 5.32 Å². The molecule has 1 aromatic rings. The number of halogens is 5. The number of aliphatic hydroxyl groups is 1. The molecule has 3 saturated carbocycles. The Balaban J connectivity index is 1.43. The quantitative estimate of drug-likeness (QED) is 0.521. The van der Waals surface area contributed by atoms with E-state index < -0.39 is 48.3 Å².